The van der Waals surface area contributed by atoms with Crippen LogP contribution in [-0.4, -0.2) is 38.6 Å². The van der Waals surface area contributed by atoms with Crippen molar-refractivity contribution in [2.45, 2.75) is 6.92 Å². The zero-order valence-electron chi connectivity index (χ0n) is 9.78. The van der Waals surface area contributed by atoms with Crippen LogP contribution in [0.15, 0.2) is 18.2 Å². The molecule has 0 aliphatic carbocycles. The fourth-order valence-electron chi connectivity index (χ4n) is 1.35. The van der Waals surface area contributed by atoms with Crippen molar-refractivity contribution in [2.24, 2.45) is 0 Å². The van der Waals surface area contributed by atoms with Crippen molar-refractivity contribution in [3.05, 3.63) is 29.6 Å². The first kappa shape index (κ1) is 11.9. The van der Waals surface area contributed by atoms with Crippen LogP contribution in [0.2, 0.25) is 0 Å². The molecule has 1 heterocycles. The van der Waals surface area contributed by atoms with E-state index in [2.05, 4.69) is 25.1 Å². The molecule has 0 aliphatic rings. The van der Waals surface area contributed by atoms with E-state index in [0.29, 0.717) is 11.4 Å². The van der Waals surface area contributed by atoms with Gasteiger partial charge in [-0.15, -0.1) is 20.4 Å². The van der Waals surface area contributed by atoms with Crippen LogP contribution >= 0.6 is 0 Å². The third kappa shape index (κ3) is 2.24. The Morgan fingerprint density at radius 2 is 1.89 bits per heavy atom. The third-order valence-corrected chi connectivity index (χ3v) is 2.24. The summed E-state index contributed by atoms with van der Waals surface area (Å²) in [7, 11) is 1.27. The van der Waals surface area contributed by atoms with Gasteiger partial charge in [0.05, 0.1) is 18.2 Å². The molecule has 0 fully saturated rings. The second-order valence-corrected chi connectivity index (χ2v) is 3.49. The normalized spacial score (nSPS) is 10.1. The van der Waals surface area contributed by atoms with Crippen molar-refractivity contribution in [1.29, 1.82) is 0 Å². The highest BCUT2D eigenvalue weighted by Gasteiger charge is 2.12. The predicted octanol–water partition coefficient (Wildman–Crippen LogP) is 0.734. The van der Waals surface area contributed by atoms with Crippen molar-refractivity contribution in [2.75, 3.05) is 7.11 Å². The van der Waals surface area contributed by atoms with Gasteiger partial charge in [0.15, 0.2) is 5.82 Å². The molecule has 1 aromatic carbocycles. The molecule has 0 saturated heterocycles. The Bertz CT molecular complexity index is 583. The number of benzene rings is 1. The van der Waals surface area contributed by atoms with Gasteiger partial charge in [0, 0.05) is 0 Å². The number of phenolic OH excluding ortho intramolecular Hbond substituents is 1. The number of aromatic nitrogens is 4. The van der Waals surface area contributed by atoms with E-state index in [1.807, 2.05) is 0 Å². The zero-order valence-corrected chi connectivity index (χ0v) is 9.78. The number of methoxy groups -OCH3 is 1. The van der Waals surface area contributed by atoms with Crippen LogP contribution in [0.5, 0.6) is 5.75 Å². The van der Waals surface area contributed by atoms with Crippen LogP contribution in [0.4, 0.5) is 0 Å². The molecule has 1 N–H and O–H groups in total. The minimum absolute atomic E-state index is 0.134. The van der Waals surface area contributed by atoms with Crippen molar-refractivity contribution in [3.8, 4) is 17.1 Å². The summed E-state index contributed by atoms with van der Waals surface area (Å²) in [5, 5.41) is 24.9. The topological polar surface area (TPSA) is 98.1 Å². The molecule has 2 rings (SSSR count). The van der Waals surface area contributed by atoms with E-state index in [1.54, 1.807) is 6.92 Å². The van der Waals surface area contributed by atoms with Crippen molar-refractivity contribution < 1.29 is 14.6 Å². The fraction of sp³-hybridized carbons (Fsp3) is 0.182. The van der Waals surface area contributed by atoms with Gasteiger partial charge in [0.25, 0.3) is 0 Å². The monoisotopic (exact) mass is 246 g/mol. The smallest absolute Gasteiger partial charge is 0.337 e. The summed E-state index contributed by atoms with van der Waals surface area (Å²) in [5.74, 6) is -0.0396. The molecule has 0 radical (unpaired) electrons. The number of esters is 1. The molecular formula is C11H10N4O3. The zero-order chi connectivity index (χ0) is 13.1. The first-order valence-electron chi connectivity index (χ1n) is 5.07. The number of phenols is 1. The largest absolute Gasteiger partial charge is 0.507 e. The highest BCUT2D eigenvalue weighted by molar-refractivity contribution is 5.90. The Labute approximate surface area is 102 Å². The van der Waals surface area contributed by atoms with Crippen LogP contribution in [0.1, 0.15) is 16.2 Å². The Hall–Kier alpha value is -2.57. The molecule has 0 amide bonds. The Kier molecular flexibility index (Phi) is 3.13. The molecule has 0 bridgehead atoms. The molecule has 7 heteroatoms. The van der Waals surface area contributed by atoms with Gasteiger partial charge in [0.1, 0.15) is 5.75 Å². The lowest BCUT2D eigenvalue weighted by molar-refractivity contribution is 0.0600. The molecule has 0 unspecified atom stereocenters. The molecule has 0 aliphatic heterocycles. The highest BCUT2D eigenvalue weighted by atomic mass is 16.5. The molecule has 0 saturated carbocycles. The molecule has 0 spiro atoms. The fourth-order valence-corrected chi connectivity index (χ4v) is 1.35. The maximum Gasteiger partial charge on any atom is 0.337 e. The minimum Gasteiger partial charge on any atom is -0.507 e. The summed E-state index contributed by atoms with van der Waals surface area (Å²) in [5.41, 5.74) is 0.592. The maximum atomic E-state index is 11.3. The lowest BCUT2D eigenvalue weighted by Gasteiger charge is -2.04. The molecule has 0 atom stereocenters. The summed E-state index contributed by atoms with van der Waals surface area (Å²) in [6.07, 6.45) is 0. The van der Waals surface area contributed by atoms with Gasteiger partial charge >= 0.3 is 5.97 Å². The van der Waals surface area contributed by atoms with E-state index < -0.39 is 5.97 Å². The number of carbonyl (C=O) groups excluding carboxylic acids is 1. The number of aromatic hydroxyl groups is 1. The van der Waals surface area contributed by atoms with Crippen molar-refractivity contribution in [3.63, 3.8) is 0 Å². The van der Waals surface area contributed by atoms with Crippen molar-refractivity contribution in [1.82, 2.24) is 20.4 Å². The number of rotatable bonds is 2. The predicted molar refractivity (Wildman–Crippen MR) is 60.8 cm³/mol. The van der Waals surface area contributed by atoms with E-state index in [-0.39, 0.29) is 17.1 Å². The lowest BCUT2D eigenvalue weighted by Crippen LogP contribution is -2.02. The number of ether oxygens (including phenoxy) is 1. The van der Waals surface area contributed by atoms with E-state index >= 15 is 0 Å². The molecule has 92 valence electrons. The number of hydrogen-bond donors (Lipinski definition) is 1. The van der Waals surface area contributed by atoms with Crippen molar-refractivity contribution >= 4 is 5.97 Å². The van der Waals surface area contributed by atoms with Gasteiger partial charge in [-0.3, -0.25) is 0 Å². The molecule has 1 aromatic heterocycles. The summed E-state index contributed by atoms with van der Waals surface area (Å²) in [6.45, 7) is 1.66. The van der Waals surface area contributed by atoms with Gasteiger partial charge in [-0.25, -0.2) is 4.79 Å². The highest BCUT2D eigenvalue weighted by Crippen LogP contribution is 2.26. The van der Waals surface area contributed by atoms with Gasteiger partial charge in [-0.1, -0.05) is 0 Å². The van der Waals surface area contributed by atoms with E-state index in [9.17, 15) is 9.90 Å². The Morgan fingerprint density at radius 1 is 1.22 bits per heavy atom. The average molecular weight is 246 g/mol. The SMILES string of the molecule is COC(=O)c1ccc(-c2nnc(C)nn2)c(O)c1. The van der Waals surface area contributed by atoms with Crippen LogP contribution < -0.4 is 0 Å². The van der Waals surface area contributed by atoms with Crippen LogP contribution in [0, 0.1) is 6.92 Å². The quantitative estimate of drug-likeness (QED) is 0.780. The Morgan fingerprint density at radius 3 is 2.44 bits per heavy atom. The lowest BCUT2D eigenvalue weighted by atomic mass is 10.1. The van der Waals surface area contributed by atoms with Crippen LogP contribution in [0.25, 0.3) is 11.4 Å². The summed E-state index contributed by atoms with van der Waals surface area (Å²) in [4.78, 5) is 11.3. The molecule has 2 aromatic rings. The van der Waals surface area contributed by atoms with E-state index in [1.165, 1.54) is 25.3 Å². The maximum absolute atomic E-state index is 11.3. The minimum atomic E-state index is -0.530. The first-order valence-corrected chi connectivity index (χ1v) is 5.07. The number of hydrogen-bond acceptors (Lipinski definition) is 7. The summed E-state index contributed by atoms with van der Waals surface area (Å²) >= 11 is 0. The summed E-state index contributed by atoms with van der Waals surface area (Å²) in [6, 6.07) is 4.30. The number of nitrogens with zero attached hydrogens (tertiary/aromatic N) is 4. The number of carbonyl (C=O) groups is 1. The van der Waals surface area contributed by atoms with Gasteiger partial charge in [-0.05, 0) is 25.1 Å². The van der Waals surface area contributed by atoms with Gasteiger partial charge in [-0.2, -0.15) is 0 Å². The standard InChI is InChI=1S/C11H10N4O3/c1-6-12-14-10(15-13-6)8-4-3-7(5-9(8)16)11(17)18-2/h3-5,16H,1-2H3. The van der Waals surface area contributed by atoms with E-state index in [0.717, 1.165) is 0 Å². The Balaban J connectivity index is 2.41. The van der Waals surface area contributed by atoms with Crippen LogP contribution in [0.3, 0.4) is 0 Å². The van der Waals surface area contributed by atoms with Gasteiger partial charge < -0.3 is 9.84 Å². The molecular weight excluding hydrogens is 236 g/mol. The molecule has 18 heavy (non-hydrogen) atoms. The van der Waals surface area contributed by atoms with E-state index in [4.69, 9.17) is 0 Å². The van der Waals surface area contributed by atoms with Crippen LogP contribution in [-0.2, 0) is 4.74 Å². The second kappa shape index (κ2) is 4.74. The molecule has 7 nitrogen and oxygen atoms in total. The summed E-state index contributed by atoms with van der Waals surface area (Å²) < 4.78 is 4.55. The number of aryl methyl sites for hydroxylation is 1. The third-order valence-electron chi connectivity index (χ3n) is 2.24. The second-order valence-electron chi connectivity index (χ2n) is 3.49. The van der Waals surface area contributed by atoms with Gasteiger partial charge in [0.2, 0.25) is 5.82 Å². The average Bonchev–Trinajstić information content (AvgIpc) is 2.39. The first-order chi connectivity index (χ1) is 8.61.